The van der Waals surface area contributed by atoms with Gasteiger partial charge in [0.05, 0.1) is 6.61 Å². The van der Waals surface area contributed by atoms with E-state index in [0.29, 0.717) is 6.61 Å². The maximum Gasteiger partial charge on any atom is 0.323 e. The third-order valence-electron chi connectivity index (χ3n) is 2.83. The minimum Gasteiger partial charge on any atom is -0.380 e. The fraction of sp³-hybridized carbons (Fsp3) is 0.188. The highest BCUT2D eigenvalue weighted by Crippen LogP contribution is 2.12. The molecule has 0 unspecified atom stereocenters. The van der Waals surface area contributed by atoms with E-state index in [4.69, 9.17) is 4.74 Å². The number of hydrogen-bond donors (Lipinski definition) is 2. The molecule has 0 fully saturated rings. The molecule has 0 bridgehead atoms. The standard InChI is InChI=1S/C16H18N2O2/c1-12-3-7-14(8-4-12)17-16(19)18-15-9-5-13(6-10-15)11-20-2/h3-10H,11H2,1-2H3,(H2,17,18,19). The summed E-state index contributed by atoms with van der Waals surface area (Å²) in [6.45, 7) is 2.57. The van der Waals surface area contributed by atoms with Crippen LogP contribution in [0.2, 0.25) is 0 Å². The maximum atomic E-state index is 11.8. The molecule has 0 spiro atoms. The van der Waals surface area contributed by atoms with Crippen LogP contribution in [0.15, 0.2) is 48.5 Å². The predicted octanol–water partition coefficient (Wildman–Crippen LogP) is 3.79. The van der Waals surface area contributed by atoms with Crippen molar-refractivity contribution >= 4 is 17.4 Å². The summed E-state index contributed by atoms with van der Waals surface area (Å²) in [7, 11) is 1.65. The van der Waals surface area contributed by atoms with Crippen molar-refractivity contribution in [3.63, 3.8) is 0 Å². The lowest BCUT2D eigenvalue weighted by Gasteiger charge is -2.08. The number of ether oxygens (including phenoxy) is 1. The van der Waals surface area contributed by atoms with Crippen molar-refractivity contribution in [2.75, 3.05) is 17.7 Å². The second kappa shape index (κ2) is 6.73. The summed E-state index contributed by atoms with van der Waals surface area (Å²) in [5.74, 6) is 0. The van der Waals surface area contributed by atoms with Crippen molar-refractivity contribution in [3.05, 3.63) is 59.7 Å². The van der Waals surface area contributed by atoms with Gasteiger partial charge in [-0.3, -0.25) is 0 Å². The Labute approximate surface area is 118 Å². The zero-order valence-electron chi connectivity index (χ0n) is 11.6. The maximum absolute atomic E-state index is 11.8. The van der Waals surface area contributed by atoms with Crippen LogP contribution >= 0.6 is 0 Å². The number of hydrogen-bond acceptors (Lipinski definition) is 2. The summed E-state index contributed by atoms with van der Waals surface area (Å²) >= 11 is 0. The lowest BCUT2D eigenvalue weighted by molar-refractivity contribution is 0.185. The summed E-state index contributed by atoms with van der Waals surface area (Å²) in [5.41, 5.74) is 3.74. The Morgan fingerprint density at radius 3 is 1.95 bits per heavy atom. The van der Waals surface area contributed by atoms with Gasteiger partial charge in [0.15, 0.2) is 0 Å². The summed E-state index contributed by atoms with van der Waals surface area (Å²) in [6, 6.07) is 14.9. The van der Waals surface area contributed by atoms with Gasteiger partial charge in [-0.15, -0.1) is 0 Å². The highest BCUT2D eigenvalue weighted by Gasteiger charge is 2.02. The van der Waals surface area contributed by atoms with E-state index in [0.717, 1.165) is 22.5 Å². The van der Waals surface area contributed by atoms with Gasteiger partial charge in [-0.25, -0.2) is 4.79 Å². The van der Waals surface area contributed by atoms with Crippen molar-refractivity contribution in [1.82, 2.24) is 0 Å². The number of rotatable bonds is 4. The van der Waals surface area contributed by atoms with E-state index >= 15 is 0 Å². The molecule has 0 aromatic heterocycles. The minimum atomic E-state index is -0.256. The van der Waals surface area contributed by atoms with Crippen LogP contribution in [0, 0.1) is 6.92 Å². The van der Waals surface area contributed by atoms with Crippen molar-refractivity contribution < 1.29 is 9.53 Å². The van der Waals surface area contributed by atoms with E-state index in [1.54, 1.807) is 7.11 Å². The average molecular weight is 270 g/mol. The quantitative estimate of drug-likeness (QED) is 0.888. The van der Waals surface area contributed by atoms with E-state index < -0.39 is 0 Å². The second-order valence-corrected chi connectivity index (χ2v) is 4.58. The summed E-state index contributed by atoms with van der Waals surface area (Å²) in [5, 5.41) is 5.57. The van der Waals surface area contributed by atoms with Crippen molar-refractivity contribution in [2.24, 2.45) is 0 Å². The van der Waals surface area contributed by atoms with E-state index in [9.17, 15) is 4.79 Å². The first-order valence-corrected chi connectivity index (χ1v) is 6.40. The Hall–Kier alpha value is -2.33. The molecule has 4 nitrogen and oxygen atoms in total. The van der Waals surface area contributed by atoms with Crippen LogP contribution in [0.1, 0.15) is 11.1 Å². The Kier molecular flexibility index (Phi) is 4.74. The average Bonchev–Trinajstić information content (AvgIpc) is 2.44. The molecule has 0 aliphatic carbocycles. The van der Waals surface area contributed by atoms with Gasteiger partial charge in [0.1, 0.15) is 0 Å². The number of urea groups is 1. The van der Waals surface area contributed by atoms with E-state index in [1.807, 2.05) is 55.5 Å². The Morgan fingerprint density at radius 1 is 0.950 bits per heavy atom. The van der Waals surface area contributed by atoms with E-state index in [2.05, 4.69) is 10.6 Å². The molecule has 0 radical (unpaired) electrons. The van der Waals surface area contributed by atoms with Crippen LogP contribution in [-0.2, 0) is 11.3 Å². The highest BCUT2D eigenvalue weighted by molar-refractivity contribution is 5.99. The monoisotopic (exact) mass is 270 g/mol. The molecule has 2 amide bonds. The zero-order valence-corrected chi connectivity index (χ0v) is 11.6. The molecule has 0 atom stereocenters. The number of carbonyl (C=O) groups excluding carboxylic acids is 1. The molecule has 0 aliphatic rings. The largest absolute Gasteiger partial charge is 0.380 e. The van der Waals surface area contributed by atoms with Gasteiger partial charge in [0.2, 0.25) is 0 Å². The molecule has 2 N–H and O–H groups in total. The SMILES string of the molecule is COCc1ccc(NC(=O)Nc2ccc(C)cc2)cc1. The number of nitrogens with one attached hydrogen (secondary N) is 2. The normalized spacial score (nSPS) is 10.1. The van der Waals surface area contributed by atoms with Gasteiger partial charge in [-0.05, 0) is 36.8 Å². The van der Waals surface area contributed by atoms with E-state index in [-0.39, 0.29) is 6.03 Å². The zero-order chi connectivity index (χ0) is 14.4. The Balaban J connectivity index is 1.92. The first kappa shape index (κ1) is 14.1. The number of anilines is 2. The molecule has 0 heterocycles. The van der Waals surface area contributed by atoms with Crippen LogP contribution in [0.3, 0.4) is 0 Å². The topological polar surface area (TPSA) is 50.4 Å². The van der Waals surface area contributed by atoms with Gasteiger partial charge in [-0.1, -0.05) is 29.8 Å². The summed E-state index contributed by atoms with van der Waals surface area (Å²) in [6.07, 6.45) is 0. The molecule has 104 valence electrons. The Bertz CT molecular complexity index is 562. The first-order chi connectivity index (χ1) is 9.67. The molecular weight excluding hydrogens is 252 g/mol. The van der Waals surface area contributed by atoms with Crippen LogP contribution in [0.25, 0.3) is 0 Å². The van der Waals surface area contributed by atoms with Crippen LogP contribution in [0.4, 0.5) is 16.2 Å². The number of carbonyl (C=O) groups is 1. The molecule has 2 rings (SSSR count). The number of amides is 2. The van der Waals surface area contributed by atoms with Gasteiger partial charge in [-0.2, -0.15) is 0 Å². The van der Waals surface area contributed by atoms with Crippen LogP contribution in [-0.4, -0.2) is 13.1 Å². The lowest BCUT2D eigenvalue weighted by Crippen LogP contribution is -2.19. The molecule has 20 heavy (non-hydrogen) atoms. The van der Waals surface area contributed by atoms with Gasteiger partial charge in [0, 0.05) is 18.5 Å². The molecule has 4 heteroatoms. The number of benzene rings is 2. The predicted molar refractivity (Wildman–Crippen MR) is 81.0 cm³/mol. The van der Waals surface area contributed by atoms with Crippen molar-refractivity contribution in [2.45, 2.75) is 13.5 Å². The van der Waals surface area contributed by atoms with Crippen LogP contribution < -0.4 is 10.6 Å². The number of methoxy groups -OCH3 is 1. The third kappa shape index (κ3) is 4.10. The third-order valence-corrected chi connectivity index (χ3v) is 2.83. The van der Waals surface area contributed by atoms with Crippen molar-refractivity contribution in [3.8, 4) is 0 Å². The number of aryl methyl sites for hydroxylation is 1. The fourth-order valence-electron chi connectivity index (χ4n) is 1.78. The van der Waals surface area contributed by atoms with Gasteiger partial charge < -0.3 is 15.4 Å². The molecule has 0 aliphatic heterocycles. The highest BCUT2D eigenvalue weighted by atomic mass is 16.5. The van der Waals surface area contributed by atoms with Crippen LogP contribution in [0.5, 0.6) is 0 Å². The molecule has 0 saturated heterocycles. The van der Waals surface area contributed by atoms with Gasteiger partial charge >= 0.3 is 6.03 Å². The summed E-state index contributed by atoms with van der Waals surface area (Å²) in [4.78, 5) is 11.8. The molecule has 2 aromatic carbocycles. The lowest BCUT2D eigenvalue weighted by atomic mass is 10.2. The minimum absolute atomic E-state index is 0.256. The van der Waals surface area contributed by atoms with Gasteiger partial charge in [0.25, 0.3) is 0 Å². The molecule has 0 saturated carbocycles. The van der Waals surface area contributed by atoms with Crippen molar-refractivity contribution in [1.29, 1.82) is 0 Å². The smallest absolute Gasteiger partial charge is 0.323 e. The molecular formula is C16H18N2O2. The first-order valence-electron chi connectivity index (χ1n) is 6.40. The molecule has 2 aromatic rings. The van der Waals surface area contributed by atoms with E-state index in [1.165, 1.54) is 0 Å². The Morgan fingerprint density at radius 2 is 1.45 bits per heavy atom. The second-order valence-electron chi connectivity index (χ2n) is 4.58. The fourth-order valence-corrected chi connectivity index (χ4v) is 1.78. The summed E-state index contributed by atoms with van der Waals surface area (Å²) < 4.78 is 5.04.